The molecule has 1 aliphatic heterocycles. The van der Waals surface area contributed by atoms with Gasteiger partial charge in [0.1, 0.15) is 0 Å². The van der Waals surface area contributed by atoms with Crippen molar-refractivity contribution in [3.05, 3.63) is 0 Å². The number of rotatable bonds is 7. The molecule has 1 unspecified atom stereocenters. The summed E-state index contributed by atoms with van der Waals surface area (Å²) in [5.74, 6) is 0.566. The van der Waals surface area contributed by atoms with E-state index in [1.807, 2.05) is 0 Å². The first-order valence-electron chi connectivity index (χ1n) is 8.76. The molecule has 4 N–H and O–H groups in total. The molecule has 1 aliphatic carbocycles. The number of likely N-dealkylation sites (tertiary alicyclic amines) is 1. The quantitative estimate of drug-likeness (QED) is 0.480. The minimum atomic E-state index is 0.111. The van der Waals surface area contributed by atoms with Crippen molar-refractivity contribution in [2.24, 2.45) is 10.7 Å². The summed E-state index contributed by atoms with van der Waals surface area (Å²) in [5.41, 5.74) is 5.88. The van der Waals surface area contributed by atoms with Crippen molar-refractivity contribution < 1.29 is 4.79 Å². The normalized spacial score (nSPS) is 23.9. The van der Waals surface area contributed by atoms with E-state index in [4.69, 9.17) is 5.73 Å². The molecule has 22 heavy (non-hydrogen) atoms. The van der Waals surface area contributed by atoms with Crippen LogP contribution in [-0.2, 0) is 4.79 Å². The van der Waals surface area contributed by atoms with Gasteiger partial charge in [-0.3, -0.25) is 14.7 Å². The van der Waals surface area contributed by atoms with Gasteiger partial charge < -0.3 is 16.4 Å². The fraction of sp³-hybridized carbons (Fsp3) is 0.875. The van der Waals surface area contributed by atoms with Crippen LogP contribution in [0.5, 0.6) is 0 Å². The third-order valence-electron chi connectivity index (χ3n) is 4.76. The SMILES string of the molecule is CCN1CCCC1CN=C(N)NCCC(=O)NC1CCCC1. The van der Waals surface area contributed by atoms with Crippen LogP contribution in [0.3, 0.4) is 0 Å². The van der Waals surface area contributed by atoms with Crippen molar-refractivity contribution >= 4 is 11.9 Å². The molecule has 6 nitrogen and oxygen atoms in total. The molecule has 2 rings (SSSR count). The molecular weight excluding hydrogens is 278 g/mol. The molecular formula is C16H31N5O. The Morgan fingerprint density at radius 1 is 1.27 bits per heavy atom. The molecule has 1 atom stereocenters. The number of aliphatic imine (C=N–C) groups is 1. The van der Waals surface area contributed by atoms with E-state index in [0.29, 0.717) is 31.0 Å². The Morgan fingerprint density at radius 2 is 2.05 bits per heavy atom. The second-order valence-electron chi connectivity index (χ2n) is 6.38. The van der Waals surface area contributed by atoms with E-state index in [0.717, 1.165) is 25.9 Å². The lowest BCUT2D eigenvalue weighted by atomic mass is 10.2. The predicted octanol–water partition coefficient (Wildman–Crippen LogP) is 0.824. The van der Waals surface area contributed by atoms with Crippen LogP contribution in [0, 0.1) is 0 Å². The Labute approximate surface area is 133 Å². The topological polar surface area (TPSA) is 82.8 Å². The number of hydrogen-bond acceptors (Lipinski definition) is 3. The smallest absolute Gasteiger partial charge is 0.221 e. The number of nitrogens with zero attached hydrogens (tertiary/aromatic N) is 2. The van der Waals surface area contributed by atoms with Gasteiger partial charge in [-0.2, -0.15) is 0 Å². The monoisotopic (exact) mass is 309 g/mol. The highest BCUT2D eigenvalue weighted by Gasteiger charge is 2.22. The second-order valence-corrected chi connectivity index (χ2v) is 6.38. The zero-order valence-corrected chi connectivity index (χ0v) is 13.8. The first-order valence-corrected chi connectivity index (χ1v) is 8.76. The molecule has 0 radical (unpaired) electrons. The van der Waals surface area contributed by atoms with Crippen LogP contribution in [0.2, 0.25) is 0 Å². The molecule has 1 saturated heterocycles. The van der Waals surface area contributed by atoms with E-state index >= 15 is 0 Å². The van der Waals surface area contributed by atoms with Crippen LogP contribution in [-0.4, -0.2) is 55.0 Å². The van der Waals surface area contributed by atoms with Gasteiger partial charge in [-0.25, -0.2) is 0 Å². The Bertz CT molecular complexity index is 379. The first-order chi connectivity index (χ1) is 10.7. The molecule has 6 heteroatoms. The van der Waals surface area contributed by atoms with Gasteiger partial charge in [0, 0.05) is 25.0 Å². The number of likely N-dealkylation sites (N-methyl/N-ethyl adjacent to an activating group) is 1. The lowest BCUT2D eigenvalue weighted by Crippen LogP contribution is -2.38. The molecule has 2 fully saturated rings. The minimum Gasteiger partial charge on any atom is -0.370 e. The molecule has 0 aromatic rings. The molecule has 1 saturated carbocycles. The minimum absolute atomic E-state index is 0.111. The number of carbonyl (C=O) groups excluding carboxylic acids is 1. The molecule has 0 spiro atoms. The third kappa shape index (κ3) is 5.48. The van der Waals surface area contributed by atoms with Gasteiger partial charge in [0.2, 0.25) is 5.91 Å². The Morgan fingerprint density at radius 3 is 2.77 bits per heavy atom. The van der Waals surface area contributed by atoms with Crippen molar-refractivity contribution in [3.63, 3.8) is 0 Å². The average Bonchev–Trinajstić information content (AvgIpc) is 3.15. The van der Waals surface area contributed by atoms with E-state index in [2.05, 4.69) is 27.4 Å². The Kier molecular flexibility index (Phi) is 6.96. The maximum atomic E-state index is 11.8. The summed E-state index contributed by atoms with van der Waals surface area (Å²) < 4.78 is 0. The van der Waals surface area contributed by atoms with E-state index in [9.17, 15) is 4.79 Å². The lowest BCUT2D eigenvalue weighted by molar-refractivity contribution is -0.121. The van der Waals surface area contributed by atoms with E-state index in [1.165, 1.54) is 32.2 Å². The highest BCUT2D eigenvalue weighted by Crippen LogP contribution is 2.17. The summed E-state index contributed by atoms with van der Waals surface area (Å²) in [6, 6.07) is 0.914. The van der Waals surface area contributed by atoms with Gasteiger partial charge in [-0.05, 0) is 38.8 Å². The van der Waals surface area contributed by atoms with Gasteiger partial charge >= 0.3 is 0 Å². The van der Waals surface area contributed by atoms with Gasteiger partial charge in [0.25, 0.3) is 0 Å². The molecule has 126 valence electrons. The van der Waals surface area contributed by atoms with Crippen LogP contribution in [0.15, 0.2) is 4.99 Å². The van der Waals surface area contributed by atoms with E-state index in [-0.39, 0.29) is 5.91 Å². The zero-order chi connectivity index (χ0) is 15.8. The summed E-state index contributed by atoms with van der Waals surface area (Å²) in [7, 11) is 0. The van der Waals surface area contributed by atoms with Gasteiger partial charge in [-0.1, -0.05) is 19.8 Å². The molecule has 0 bridgehead atoms. The zero-order valence-electron chi connectivity index (χ0n) is 13.8. The number of carbonyl (C=O) groups is 1. The van der Waals surface area contributed by atoms with Crippen molar-refractivity contribution in [1.82, 2.24) is 15.5 Å². The second kappa shape index (κ2) is 8.98. The average molecular weight is 309 g/mol. The summed E-state index contributed by atoms with van der Waals surface area (Å²) >= 11 is 0. The predicted molar refractivity (Wildman–Crippen MR) is 89.8 cm³/mol. The van der Waals surface area contributed by atoms with Crippen LogP contribution in [0.1, 0.15) is 51.9 Å². The molecule has 1 amide bonds. The molecule has 2 aliphatic rings. The molecule has 1 heterocycles. The van der Waals surface area contributed by atoms with Crippen LogP contribution >= 0.6 is 0 Å². The maximum absolute atomic E-state index is 11.8. The fourth-order valence-corrected chi connectivity index (χ4v) is 3.45. The van der Waals surface area contributed by atoms with Crippen LogP contribution in [0.25, 0.3) is 0 Å². The standard InChI is InChI=1S/C16H31N5O/c1-2-21-11-5-8-14(21)12-19-16(17)18-10-9-15(22)20-13-6-3-4-7-13/h13-14H,2-12H2,1H3,(H,20,22)(H3,17,18,19). The lowest BCUT2D eigenvalue weighted by Gasteiger charge is -2.21. The number of nitrogens with one attached hydrogen (secondary N) is 2. The maximum Gasteiger partial charge on any atom is 0.221 e. The van der Waals surface area contributed by atoms with E-state index in [1.54, 1.807) is 0 Å². The third-order valence-corrected chi connectivity index (χ3v) is 4.76. The summed E-state index contributed by atoms with van der Waals surface area (Å²) in [6.07, 6.45) is 7.63. The van der Waals surface area contributed by atoms with Gasteiger partial charge in [0.05, 0.1) is 6.54 Å². The van der Waals surface area contributed by atoms with E-state index < -0.39 is 0 Å². The number of amides is 1. The van der Waals surface area contributed by atoms with Gasteiger partial charge in [-0.15, -0.1) is 0 Å². The highest BCUT2D eigenvalue weighted by molar-refractivity contribution is 5.80. The highest BCUT2D eigenvalue weighted by atomic mass is 16.1. The van der Waals surface area contributed by atoms with Crippen molar-refractivity contribution in [2.75, 3.05) is 26.2 Å². The Hall–Kier alpha value is -1.30. The van der Waals surface area contributed by atoms with Crippen molar-refractivity contribution in [3.8, 4) is 0 Å². The summed E-state index contributed by atoms with van der Waals surface area (Å²) in [4.78, 5) is 18.7. The van der Waals surface area contributed by atoms with Crippen molar-refractivity contribution in [1.29, 1.82) is 0 Å². The van der Waals surface area contributed by atoms with Gasteiger partial charge in [0.15, 0.2) is 5.96 Å². The van der Waals surface area contributed by atoms with Crippen LogP contribution < -0.4 is 16.4 Å². The Balaban J connectivity index is 1.59. The van der Waals surface area contributed by atoms with Crippen LogP contribution in [0.4, 0.5) is 0 Å². The first kappa shape index (κ1) is 17.1. The van der Waals surface area contributed by atoms with Crippen molar-refractivity contribution in [2.45, 2.75) is 64.0 Å². The molecule has 0 aromatic carbocycles. The largest absolute Gasteiger partial charge is 0.370 e. The number of nitrogens with two attached hydrogens (primary N) is 1. The summed E-state index contributed by atoms with van der Waals surface area (Å²) in [5, 5.41) is 6.12. The molecule has 0 aromatic heterocycles. The summed E-state index contributed by atoms with van der Waals surface area (Å²) in [6.45, 7) is 5.74. The number of guanidine groups is 1. The number of hydrogen-bond donors (Lipinski definition) is 3. The fourth-order valence-electron chi connectivity index (χ4n) is 3.45.